The maximum atomic E-state index is 12.5. The Morgan fingerprint density at radius 3 is 2.62 bits per heavy atom. The van der Waals surface area contributed by atoms with E-state index in [0.717, 1.165) is 5.01 Å². The molecule has 1 saturated heterocycles. The minimum atomic E-state index is -0.826. The van der Waals surface area contributed by atoms with E-state index in [0.29, 0.717) is 16.5 Å². The zero-order valence-electron chi connectivity index (χ0n) is 16.9. The molecule has 2 aromatic rings. The van der Waals surface area contributed by atoms with E-state index in [2.05, 4.69) is 10.7 Å². The summed E-state index contributed by atoms with van der Waals surface area (Å²) in [7, 11) is 1.43. The molecule has 1 heterocycles. The van der Waals surface area contributed by atoms with Gasteiger partial charge < -0.3 is 14.8 Å². The van der Waals surface area contributed by atoms with Crippen LogP contribution in [0.2, 0.25) is 10.0 Å². The minimum absolute atomic E-state index is 0.0802. The molecule has 1 aliphatic heterocycles. The van der Waals surface area contributed by atoms with Gasteiger partial charge >= 0.3 is 5.97 Å². The van der Waals surface area contributed by atoms with Gasteiger partial charge in [0, 0.05) is 11.4 Å². The van der Waals surface area contributed by atoms with Crippen LogP contribution in [0.5, 0.6) is 5.75 Å². The third-order valence-electron chi connectivity index (χ3n) is 4.60. The zero-order valence-corrected chi connectivity index (χ0v) is 18.4. The Balaban J connectivity index is 1.51. The maximum absolute atomic E-state index is 12.5. The number of rotatable bonds is 7. The summed E-state index contributed by atoms with van der Waals surface area (Å²) in [4.78, 5) is 49.0. The Morgan fingerprint density at radius 1 is 1.16 bits per heavy atom. The molecule has 0 aromatic heterocycles. The summed E-state index contributed by atoms with van der Waals surface area (Å²) in [6.07, 6.45) is -0.157. The van der Waals surface area contributed by atoms with Crippen LogP contribution in [0.3, 0.4) is 0 Å². The van der Waals surface area contributed by atoms with Gasteiger partial charge in [0.25, 0.3) is 11.8 Å². The van der Waals surface area contributed by atoms with E-state index in [1.807, 2.05) is 0 Å². The van der Waals surface area contributed by atoms with Crippen molar-refractivity contribution in [3.05, 3.63) is 58.1 Å². The molecule has 9 nitrogen and oxygen atoms in total. The van der Waals surface area contributed by atoms with Crippen LogP contribution in [0, 0.1) is 5.92 Å². The lowest BCUT2D eigenvalue weighted by atomic mass is 10.1. The molecule has 0 bridgehead atoms. The van der Waals surface area contributed by atoms with Crippen molar-refractivity contribution in [2.24, 2.45) is 5.92 Å². The molecule has 168 valence electrons. The van der Waals surface area contributed by atoms with Crippen LogP contribution in [0.25, 0.3) is 0 Å². The zero-order chi connectivity index (χ0) is 23.3. The Morgan fingerprint density at radius 2 is 1.91 bits per heavy atom. The fraction of sp³-hybridized carbons (Fsp3) is 0.238. The molecule has 1 fully saturated rings. The number of ether oxygens (including phenoxy) is 2. The lowest BCUT2D eigenvalue weighted by Crippen LogP contribution is -2.43. The molecule has 0 aliphatic carbocycles. The number of benzene rings is 2. The molecular formula is C21H19Cl2N3O6. The first-order valence-corrected chi connectivity index (χ1v) is 10.2. The first-order valence-electron chi connectivity index (χ1n) is 9.44. The summed E-state index contributed by atoms with van der Waals surface area (Å²) in [6, 6.07) is 11.1. The molecule has 0 spiro atoms. The second kappa shape index (κ2) is 10.3. The van der Waals surface area contributed by atoms with Crippen molar-refractivity contribution in [1.82, 2.24) is 10.4 Å². The fourth-order valence-electron chi connectivity index (χ4n) is 3.02. The third-order valence-corrected chi connectivity index (χ3v) is 5.15. The number of nitrogens with one attached hydrogen (secondary N) is 2. The normalized spacial score (nSPS) is 15.3. The Kier molecular flexibility index (Phi) is 7.55. The van der Waals surface area contributed by atoms with Crippen LogP contribution in [-0.2, 0) is 19.1 Å². The van der Waals surface area contributed by atoms with Crippen LogP contribution < -0.4 is 15.5 Å². The lowest BCUT2D eigenvalue weighted by Gasteiger charge is -2.18. The molecule has 2 aromatic carbocycles. The fourth-order valence-corrected chi connectivity index (χ4v) is 3.48. The van der Waals surface area contributed by atoms with Crippen LogP contribution in [0.1, 0.15) is 16.8 Å². The largest absolute Gasteiger partial charge is 0.496 e. The Hall–Kier alpha value is -3.30. The topological polar surface area (TPSA) is 114 Å². The monoisotopic (exact) mass is 479 g/mol. The summed E-state index contributed by atoms with van der Waals surface area (Å²) >= 11 is 11.8. The van der Waals surface area contributed by atoms with E-state index in [1.54, 1.807) is 30.3 Å². The quantitative estimate of drug-likeness (QED) is 0.590. The van der Waals surface area contributed by atoms with Crippen molar-refractivity contribution in [3.63, 3.8) is 0 Å². The second-order valence-corrected chi connectivity index (χ2v) is 7.67. The molecule has 3 amide bonds. The highest BCUT2D eigenvalue weighted by molar-refractivity contribution is 6.36. The van der Waals surface area contributed by atoms with E-state index in [9.17, 15) is 19.2 Å². The van der Waals surface area contributed by atoms with E-state index in [1.165, 1.54) is 19.2 Å². The molecule has 0 unspecified atom stereocenters. The van der Waals surface area contributed by atoms with Gasteiger partial charge in [-0.15, -0.1) is 0 Å². The van der Waals surface area contributed by atoms with Gasteiger partial charge in [-0.05, 0) is 30.3 Å². The molecule has 1 aliphatic rings. The van der Waals surface area contributed by atoms with Crippen molar-refractivity contribution in [2.75, 3.05) is 25.6 Å². The molecule has 0 radical (unpaired) electrons. The van der Waals surface area contributed by atoms with Crippen LogP contribution in [0.4, 0.5) is 5.69 Å². The molecule has 3 rings (SSSR count). The minimum Gasteiger partial charge on any atom is -0.496 e. The summed E-state index contributed by atoms with van der Waals surface area (Å²) in [6.45, 7) is -0.640. The van der Waals surface area contributed by atoms with Crippen molar-refractivity contribution in [2.45, 2.75) is 6.42 Å². The van der Waals surface area contributed by atoms with Crippen molar-refractivity contribution in [3.8, 4) is 5.75 Å². The van der Waals surface area contributed by atoms with Crippen LogP contribution >= 0.6 is 23.2 Å². The molecular weight excluding hydrogens is 461 g/mol. The first kappa shape index (κ1) is 23.4. The van der Waals surface area contributed by atoms with E-state index in [-0.39, 0.29) is 23.6 Å². The number of methoxy groups -OCH3 is 1. The van der Waals surface area contributed by atoms with Crippen LogP contribution in [-0.4, -0.2) is 49.0 Å². The Labute approximate surface area is 193 Å². The number of para-hydroxylation sites is 1. The first-order chi connectivity index (χ1) is 15.3. The van der Waals surface area contributed by atoms with Crippen molar-refractivity contribution in [1.29, 1.82) is 0 Å². The van der Waals surface area contributed by atoms with Gasteiger partial charge in [0.15, 0.2) is 6.61 Å². The standard InChI is InChI=1S/C21H19Cl2N3O6/c1-31-17-5-3-2-4-14(17)20(29)25-26-10-12(8-19(26)28)21(30)32-11-18(27)24-16-7-6-13(22)9-15(16)23/h2-7,9,12H,8,10-11H2,1H3,(H,24,27)(H,25,29)/t12-/m1/s1. The third kappa shape index (κ3) is 5.68. The van der Waals surface area contributed by atoms with E-state index >= 15 is 0 Å². The van der Waals surface area contributed by atoms with E-state index in [4.69, 9.17) is 32.7 Å². The van der Waals surface area contributed by atoms with Gasteiger partial charge in [-0.2, -0.15) is 0 Å². The summed E-state index contributed by atoms with van der Waals surface area (Å²) in [5.41, 5.74) is 3.03. The predicted molar refractivity (Wildman–Crippen MR) is 116 cm³/mol. The highest BCUT2D eigenvalue weighted by Crippen LogP contribution is 2.25. The number of hydrazine groups is 1. The number of esters is 1. The molecule has 32 heavy (non-hydrogen) atoms. The number of carbonyl (C=O) groups is 4. The van der Waals surface area contributed by atoms with Gasteiger partial charge in [0.1, 0.15) is 5.75 Å². The van der Waals surface area contributed by atoms with Crippen molar-refractivity contribution >= 4 is 52.6 Å². The van der Waals surface area contributed by atoms with Crippen molar-refractivity contribution < 1.29 is 28.7 Å². The van der Waals surface area contributed by atoms with Gasteiger partial charge in [-0.1, -0.05) is 35.3 Å². The SMILES string of the molecule is COc1ccccc1C(=O)NN1C[C@H](C(=O)OCC(=O)Nc2ccc(Cl)cc2Cl)CC1=O. The van der Waals surface area contributed by atoms with Gasteiger partial charge in [-0.25, -0.2) is 0 Å². The number of anilines is 1. The molecule has 11 heteroatoms. The van der Waals surface area contributed by atoms with Gasteiger partial charge in [0.2, 0.25) is 5.91 Å². The summed E-state index contributed by atoms with van der Waals surface area (Å²) in [5.74, 6) is -2.82. The maximum Gasteiger partial charge on any atom is 0.311 e. The summed E-state index contributed by atoms with van der Waals surface area (Å²) in [5, 5.41) is 4.20. The number of hydrogen-bond donors (Lipinski definition) is 2. The predicted octanol–water partition coefficient (Wildman–Crippen LogP) is 2.68. The van der Waals surface area contributed by atoms with Gasteiger partial charge in [0.05, 0.1) is 35.8 Å². The number of nitrogens with zero attached hydrogens (tertiary/aromatic N) is 1. The highest BCUT2D eigenvalue weighted by atomic mass is 35.5. The number of carbonyl (C=O) groups excluding carboxylic acids is 4. The Bertz CT molecular complexity index is 1060. The lowest BCUT2D eigenvalue weighted by molar-refractivity contribution is -0.151. The van der Waals surface area contributed by atoms with Crippen LogP contribution in [0.15, 0.2) is 42.5 Å². The molecule has 0 saturated carbocycles. The summed E-state index contributed by atoms with van der Waals surface area (Å²) < 4.78 is 10.2. The molecule has 1 atom stereocenters. The van der Waals surface area contributed by atoms with E-state index < -0.39 is 36.2 Å². The van der Waals surface area contributed by atoms with Gasteiger partial charge in [-0.3, -0.25) is 29.6 Å². The average Bonchev–Trinajstić information content (AvgIpc) is 3.14. The number of amides is 3. The highest BCUT2D eigenvalue weighted by Gasteiger charge is 2.37. The molecule has 2 N–H and O–H groups in total. The average molecular weight is 480 g/mol. The number of halogens is 2. The number of hydrogen-bond acceptors (Lipinski definition) is 6. The second-order valence-electron chi connectivity index (χ2n) is 6.83. The smallest absolute Gasteiger partial charge is 0.311 e.